The van der Waals surface area contributed by atoms with Gasteiger partial charge < -0.3 is 0 Å². The predicted molar refractivity (Wildman–Crippen MR) is 128 cm³/mol. The van der Waals surface area contributed by atoms with Crippen LogP contribution < -0.4 is 15.9 Å². The van der Waals surface area contributed by atoms with Gasteiger partial charge in [-0.15, -0.1) is 29.8 Å². The van der Waals surface area contributed by atoms with Crippen LogP contribution in [-0.4, -0.2) is 0 Å². The van der Waals surface area contributed by atoms with Crippen molar-refractivity contribution in [1.82, 2.24) is 0 Å². The fraction of sp³-hybridized carbons (Fsp3) is 0. The normalized spacial score (nSPS) is 10.0. The van der Waals surface area contributed by atoms with E-state index in [-0.39, 0.29) is 17.1 Å². The summed E-state index contributed by atoms with van der Waals surface area (Å²) in [7, 11) is -0.553. The second kappa shape index (κ2) is 11.5. The minimum Gasteiger partial charge on any atom is -0.214 e. The topological polar surface area (TPSA) is 0 Å². The second-order valence-electron chi connectivity index (χ2n) is 6.66. The van der Waals surface area contributed by atoms with Gasteiger partial charge in [0.1, 0.15) is 0 Å². The Bertz CT molecular complexity index is 1020. The van der Waals surface area contributed by atoms with Gasteiger partial charge in [0.25, 0.3) is 0 Å². The molecular weight excluding hydrogens is 423 g/mol. The van der Waals surface area contributed by atoms with Crippen LogP contribution in [0.2, 0.25) is 0 Å². The summed E-state index contributed by atoms with van der Waals surface area (Å²) in [5.41, 5.74) is 2.63. The van der Waals surface area contributed by atoms with E-state index in [9.17, 15) is 0 Å². The number of rotatable bonds is 4. The van der Waals surface area contributed by atoms with Gasteiger partial charge in [0, 0.05) is 0 Å². The fourth-order valence-electron chi connectivity index (χ4n) is 3.37. The van der Waals surface area contributed by atoms with Crippen molar-refractivity contribution in [3.8, 4) is 11.1 Å². The van der Waals surface area contributed by atoms with E-state index in [1.807, 2.05) is 30.3 Å². The van der Waals surface area contributed by atoms with E-state index in [0.717, 1.165) is 0 Å². The first-order chi connectivity index (χ1) is 14.4. The van der Waals surface area contributed by atoms with Crippen LogP contribution in [-0.2, 0) is 17.1 Å². The fourth-order valence-corrected chi connectivity index (χ4v) is 5.84. The molecule has 5 rings (SSSR count). The van der Waals surface area contributed by atoms with Gasteiger partial charge in [-0.25, -0.2) is 12.1 Å². The Morgan fingerprint density at radius 1 is 0.533 bits per heavy atom. The van der Waals surface area contributed by atoms with Crippen LogP contribution in [0.1, 0.15) is 0 Å². The van der Waals surface area contributed by atoms with E-state index >= 15 is 0 Å². The predicted octanol–water partition coefficient (Wildman–Crippen LogP) is 6.23. The molecule has 0 unspecified atom stereocenters. The average molecular weight is 446 g/mol. The third-order valence-electron chi connectivity index (χ3n) is 4.70. The standard InChI is InChI=1S/C23H18P.C5H5.Fe/c1-4-11-19(12-5-1)22-17-10-18-23(22)24(20-13-6-2-7-14-20)21-15-8-3-9-16-21;1-2-4-5-3-1;/h1-18H;1-5H;/q2*-1;+2. The maximum Gasteiger partial charge on any atom is 2.00 e. The van der Waals surface area contributed by atoms with Crippen LogP contribution in [0.25, 0.3) is 11.1 Å². The Balaban J connectivity index is 0.000000376. The monoisotopic (exact) mass is 446 g/mol. The van der Waals surface area contributed by atoms with Crippen LogP contribution >= 0.6 is 7.92 Å². The van der Waals surface area contributed by atoms with Gasteiger partial charge in [0.2, 0.25) is 0 Å². The molecular formula is C28H23FeP. The molecule has 0 aliphatic heterocycles. The van der Waals surface area contributed by atoms with Crippen LogP contribution in [0.5, 0.6) is 0 Å². The van der Waals surface area contributed by atoms with Crippen molar-refractivity contribution in [2.75, 3.05) is 0 Å². The molecule has 0 atom stereocenters. The minimum atomic E-state index is -0.553. The van der Waals surface area contributed by atoms with Crippen molar-refractivity contribution < 1.29 is 17.1 Å². The van der Waals surface area contributed by atoms with Gasteiger partial charge in [-0.2, -0.15) is 24.3 Å². The molecule has 5 aromatic carbocycles. The van der Waals surface area contributed by atoms with E-state index in [4.69, 9.17) is 0 Å². The van der Waals surface area contributed by atoms with Crippen molar-refractivity contribution >= 4 is 23.8 Å². The molecule has 0 aromatic heterocycles. The molecule has 0 amide bonds. The van der Waals surface area contributed by atoms with E-state index in [0.29, 0.717) is 0 Å². The maximum atomic E-state index is 2.29. The van der Waals surface area contributed by atoms with E-state index in [1.54, 1.807) is 0 Å². The first-order valence-corrected chi connectivity index (χ1v) is 11.2. The van der Waals surface area contributed by atoms with E-state index < -0.39 is 7.92 Å². The van der Waals surface area contributed by atoms with Gasteiger partial charge >= 0.3 is 17.1 Å². The first-order valence-electron chi connectivity index (χ1n) is 9.81. The zero-order chi connectivity index (χ0) is 19.7. The molecule has 148 valence electrons. The molecule has 2 heteroatoms. The molecule has 0 radical (unpaired) electrons. The van der Waals surface area contributed by atoms with Crippen LogP contribution in [0, 0.1) is 0 Å². The summed E-state index contributed by atoms with van der Waals surface area (Å²) in [6.07, 6.45) is 0. The van der Waals surface area contributed by atoms with Crippen LogP contribution in [0.4, 0.5) is 0 Å². The summed E-state index contributed by atoms with van der Waals surface area (Å²) in [5, 5.41) is 4.21. The van der Waals surface area contributed by atoms with Crippen molar-refractivity contribution in [1.29, 1.82) is 0 Å². The van der Waals surface area contributed by atoms with Gasteiger partial charge in [0.15, 0.2) is 0 Å². The van der Waals surface area contributed by atoms with Gasteiger partial charge in [0.05, 0.1) is 0 Å². The summed E-state index contributed by atoms with van der Waals surface area (Å²) in [6.45, 7) is 0. The summed E-state index contributed by atoms with van der Waals surface area (Å²) >= 11 is 0. The largest absolute Gasteiger partial charge is 2.00 e. The Morgan fingerprint density at radius 2 is 1.03 bits per heavy atom. The third-order valence-corrected chi connectivity index (χ3v) is 7.20. The molecule has 0 fully saturated rings. The molecule has 0 aliphatic carbocycles. The Morgan fingerprint density at radius 3 is 1.50 bits per heavy atom. The van der Waals surface area contributed by atoms with E-state index in [1.165, 1.54) is 27.0 Å². The number of hydrogen-bond acceptors (Lipinski definition) is 0. The number of hydrogen-bond donors (Lipinski definition) is 0. The van der Waals surface area contributed by atoms with Crippen molar-refractivity contribution in [3.05, 3.63) is 140 Å². The third kappa shape index (κ3) is 5.47. The van der Waals surface area contributed by atoms with Gasteiger partial charge in [-0.3, -0.25) is 0 Å². The molecule has 30 heavy (non-hydrogen) atoms. The van der Waals surface area contributed by atoms with E-state index in [2.05, 4.69) is 109 Å². The summed E-state index contributed by atoms with van der Waals surface area (Å²) in [6, 6.07) is 49.1. The summed E-state index contributed by atoms with van der Waals surface area (Å²) in [4.78, 5) is 0. The maximum absolute atomic E-state index is 2.29. The van der Waals surface area contributed by atoms with Crippen LogP contribution in [0.15, 0.2) is 140 Å². The van der Waals surface area contributed by atoms with Gasteiger partial charge in [-0.05, 0) is 18.5 Å². The number of benzene rings is 3. The van der Waals surface area contributed by atoms with Crippen LogP contribution in [0.3, 0.4) is 0 Å². The Hall–Kier alpha value is -2.69. The minimum absolute atomic E-state index is 0. The Labute approximate surface area is 191 Å². The molecule has 0 spiro atoms. The average Bonchev–Trinajstić information content (AvgIpc) is 3.52. The summed E-state index contributed by atoms with van der Waals surface area (Å²) in [5.74, 6) is 0. The molecule has 0 aliphatic rings. The molecule has 0 heterocycles. The molecule has 0 saturated carbocycles. The molecule has 0 N–H and O–H groups in total. The van der Waals surface area contributed by atoms with Gasteiger partial charge in [-0.1, -0.05) is 89.7 Å². The van der Waals surface area contributed by atoms with Crippen molar-refractivity contribution in [2.24, 2.45) is 0 Å². The molecule has 0 nitrogen and oxygen atoms in total. The Kier molecular flexibility index (Phi) is 8.42. The molecule has 0 saturated heterocycles. The second-order valence-corrected chi connectivity index (χ2v) is 8.84. The zero-order valence-corrected chi connectivity index (χ0v) is 18.6. The molecule has 0 bridgehead atoms. The first kappa shape index (κ1) is 22.0. The van der Waals surface area contributed by atoms with Crippen molar-refractivity contribution in [3.63, 3.8) is 0 Å². The van der Waals surface area contributed by atoms with Crippen molar-refractivity contribution in [2.45, 2.75) is 0 Å². The summed E-state index contributed by atoms with van der Waals surface area (Å²) < 4.78 is 0. The quantitative estimate of drug-likeness (QED) is 0.174. The molecule has 5 aromatic rings. The zero-order valence-electron chi connectivity index (χ0n) is 16.6. The SMILES string of the molecule is [Fe+2].c1cc[cH-]c1.c1ccc(-[c-]2cccc2P(c2ccccc2)c2ccccc2)cc1. The smallest absolute Gasteiger partial charge is 0.214 e.